The number of carbonyl (C=O) groups excluding carboxylic acids is 1. The van der Waals surface area contributed by atoms with Gasteiger partial charge in [0, 0.05) is 25.8 Å². The maximum atomic E-state index is 13.8. The van der Waals surface area contributed by atoms with E-state index < -0.39 is 23.8 Å². The van der Waals surface area contributed by atoms with Gasteiger partial charge in [-0.2, -0.15) is 0 Å². The molecular weight excluding hydrogens is 354 g/mol. The average Bonchev–Trinajstić information content (AvgIpc) is 2.59. The zero-order valence-electron chi connectivity index (χ0n) is 15.2. The van der Waals surface area contributed by atoms with Crippen LogP contribution in [0.3, 0.4) is 0 Å². The summed E-state index contributed by atoms with van der Waals surface area (Å²) >= 11 is 0. The van der Waals surface area contributed by atoms with Crippen molar-refractivity contribution in [3.8, 4) is 5.75 Å². The summed E-state index contributed by atoms with van der Waals surface area (Å²) in [6.45, 7) is 6.94. The van der Waals surface area contributed by atoms with Crippen LogP contribution in [0.5, 0.6) is 5.75 Å². The van der Waals surface area contributed by atoms with Crippen molar-refractivity contribution in [2.24, 2.45) is 0 Å². The summed E-state index contributed by atoms with van der Waals surface area (Å²) in [7, 11) is 0. The fourth-order valence-corrected chi connectivity index (χ4v) is 2.62. The fraction of sp³-hybridized carbons (Fsp3) is 0.611. The Kier molecular flexibility index (Phi) is 9.01. The van der Waals surface area contributed by atoms with Crippen LogP contribution >= 0.6 is 0 Å². The number of ketones is 1. The van der Waals surface area contributed by atoms with Crippen molar-refractivity contribution in [1.82, 2.24) is 5.32 Å². The number of benzene rings is 1. The number of alkyl halides is 3. The lowest BCUT2D eigenvalue weighted by molar-refractivity contribution is -0.275. The number of halogens is 4. The van der Waals surface area contributed by atoms with Gasteiger partial charge in [0.15, 0.2) is 11.6 Å². The first-order valence-corrected chi connectivity index (χ1v) is 8.63. The van der Waals surface area contributed by atoms with Crippen LogP contribution in [0, 0.1) is 5.82 Å². The molecule has 0 aromatic heterocycles. The van der Waals surface area contributed by atoms with Crippen molar-refractivity contribution in [3.05, 3.63) is 29.6 Å². The molecule has 1 saturated heterocycles. The van der Waals surface area contributed by atoms with Gasteiger partial charge >= 0.3 is 6.36 Å². The Morgan fingerprint density at radius 1 is 1.31 bits per heavy atom. The van der Waals surface area contributed by atoms with Crippen LogP contribution < -0.4 is 10.1 Å². The largest absolute Gasteiger partial charge is 0.573 e. The van der Waals surface area contributed by atoms with E-state index in [9.17, 15) is 22.4 Å². The lowest BCUT2D eigenvalue weighted by Crippen LogP contribution is -2.38. The van der Waals surface area contributed by atoms with Crippen LogP contribution in [-0.4, -0.2) is 37.9 Å². The first kappa shape index (κ1) is 22.4. The maximum Gasteiger partial charge on any atom is 0.573 e. The Bertz CT molecular complexity index is 572. The van der Waals surface area contributed by atoms with E-state index in [0.29, 0.717) is 25.3 Å². The molecule has 2 rings (SSSR count). The number of hydrogen-bond donors (Lipinski definition) is 1. The molecule has 26 heavy (non-hydrogen) atoms. The smallest absolute Gasteiger partial charge is 0.403 e. The third-order valence-electron chi connectivity index (χ3n) is 3.91. The van der Waals surface area contributed by atoms with Gasteiger partial charge < -0.3 is 14.8 Å². The molecule has 8 heteroatoms. The van der Waals surface area contributed by atoms with Crippen LogP contribution in [0.2, 0.25) is 0 Å². The van der Waals surface area contributed by atoms with E-state index in [1.165, 1.54) is 13.0 Å². The molecule has 1 aliphatic rings. The summed E-state index contributed by atoms with van der Waals surface area (Å²) in [4.78, 5) is 11.8. The van der Waals surface area contributed by atoms with Gasteiger partial charge in [-0.3, -0.25) is 4.79 Å². The predicted molar refractivity (Wildman–Crippen MR) is 89.7 cm³/mol. The van der Waals surface area contributed by atoms with Gasteiger partial charge in [0.2, 0.25) is 0 Å². The molecule has 148 valence electrons. The van der Waals surface area contributed by atoms with E-state index in [-0.39, 0.29) is 11.8 Å². The molecular formula is C18H25F4NO3. The van der Waals surface area contributed by atoms with Gasteiger partial charge in [0.1, 0.15) is 5.78 Å². The van der Waals surface area contributed by atoms with Gasteiger partial charge in [-0.1, -0.05) is 19.9 Å². The third-order valence-corrected chi connectivity index (χ3v) is 3.91. The summed E-state index contributed by atoms with van der Waals surface area (Å²) < 4.78 is 59.2. The molecule has 1 unspecified atom stereocenters. The highest BCUT2D eigenvalue weighted by molar-refractivity contribution is 5.83. The predicted octanol–water partition coefficient (Wildman–Crippen LogP) is 4.19. The minimum Gasteiger partial charge on any atom is -0.403 e. The minimum absolute atomic E-state index is 0.196. The maximum absolute atomic E-state index is 13.8. The summed E-state index contributed by atoms with van der Waals surface area (Å²) in [6, 6.07) is 3.29. The van der Waals surface area contributed by atoms with Crippen LogP contribution in [0.15, 0.2) is 18.2 Å². The number of nitrogens with one attached hydrogen (secondary N) is 1. The monoisotopic (exact) mass is 379 g/mol. The Balaban J connectivity index is 0.00000163. The second kappa shape index (κ2) is 10.5. The first-order chi connectivity index (χ1) is 12.3. The summed E-state index contributed by atoms with van der Waals surface area (Å²) in [5.74, 6) is -2.89. The SMILES string of the molecule is CC.CC(=O)C(CNC1CCOCC1)c1ccc(OC(F)(F)F)c(F)c1. The van der Waals surface area contributed by atoms with Crippen LogP contribution in [0.25, 0.3) is 0 Å². The molecule has 1 aromatic carbocycles. The van der Waals surface area contributed by atoms with E-state index in [1.807, 2.05) is 13.8 Å². The lowest BCUT2D eigenvalue weighted by Gasteiger charge is -2.25. The Morgan fingerprint density at radius 3 is 2.42 bits per heavy atom. The van der Waals surface area contributed by atoms with Crippen molar-refractivity contribution in [2.75, 3.05) is 19.8 Å². The standard InChI is InChI=1S/C16H19F4NO3.C2H6/c1-10(22)13(9-21-12-4-6-23-7-5-12)11-2-3-15(14(17)8-11)24-16(18,19)20;1-2/h2-3,8,12-13,21H,4-7,9H2,1H3;1-2H3. The highest BCUT2D eigenvalue weighted by Gasteiger charge is 2.32. The Morgan fingerprint density at radius 2 is 1.92 bits per heavy atom. The molecule has 0 bridgehead atoms. The van der Waals surface area contributed by atoms with E-state index >= 15 is 0 Å². The second-order valence-corrected chi connectivity index (χ2v) is 5.70. The van der Waals surface area contributed by atoms with Gasteiger partial charge in [-0.25, -0.2) is 4.39 Å². The van der Waals surface area contributed by atoms with Crippen molar-refractivity contribution in [1.29, 1.82) is 0 Å². The highest BCUT2D eigenvalue weighted by atomic mass is 19.4. The van der Waals surface area contributed by atoms with Crippen LogP contribution in [0.1, 0.15) is 45.1 Å². The van der Waals surface area contributed by atoms with E-state index in [4.69, 9.17) is 4.74 Å². The molecule has 1 atom stereocenters. The van der Waals surface area contributed by atoms with E-state index in [1.54, 1.807) is 0 Å². The lowest BCUT2D eigenvalue weighted by atomic mass is 9.94. The molecule has 1 heterocycles. The highest BCUT2D eigenvalue weighted by Crippen LogP contribution is 2.28. The van der Waals surface area contributed by atoms with Gasteiger partial charge in [0.25, 0.3) is 0 Å². The molecule has 0 radical (unpaired) electrons. The fourth-order valence-electron chi connectivity index (χ4n) is 2.62. The first-order valence-electron chi connectivity index (χ1n) is 8.63. The molecule has 4 nitrogen and oxygen atoms in total. The topological polar surface area (TPSA) is 47.6 Å². The minimum atomic E-state index is -4.97. The van der Waals surface area contributed by atoms with Crippen LogP contribution in [0.4, 0.5) is 17.6 Å². The van der Waals surface area contributed by atoms with E-state index in [2.05, 4.69) is 10.1 Å². The van der Waals surface area contributed by atoms with Crippen molar-refractivity contribution < 1.29 is 31.8 Å². The summed E-state index contributed by atoms with van der Waals surface area (Å²) in [5.41, 5.74) is 0.314. The summed E-state index contributed by atoms with van der Waals surface area (Å²) in [6.07, 6.45) is -3.33. The summed E-state index contributed by atoms with van der Waals surface area (Å²) in [5, 5.41) is 3.24. The molecule has 1 aromatic rings. The second-order valence-electron chi connectivity index (χ2n) is 5.70. The number of ether oxygens (including phenoxy) is 2. The average molecular weight is 379 g/mol. The van der Waals surface area contributed by atoms with Crippen molar-refractivity contribution in [3.63, 3.8) is 0 Å². The molecule has 0 saturated carbocycles. The molecule has 1 N–H and O–H groups in total. The number of hydrogen-bond acceptors (Lipinski definition) is 4. The van der Waals surface area contributed by atoms with Crippen LogP contribution in [-0.2, 0) is 9.53 Å². The normalized spacial score (nSPS) is 16.4. The number of rotatable bonds is 6. The number of Topliss-reactive ketones (excluding diaryl/α,β-unsaturated/α-hetero) is 1. The Labute approximate surface area is 150 Å². The molecule has 0 spiro atoms. The molecule has 1 fully saturated rings. The molecule has 0 amide bonds. The molecule has 0 aliphatic carbocycles. The van der Waals surface area contributed by atoms with Crippen molar-refractivity contribution in [2.45, 2.75) is 51.9 Å². The van der Waals surface area contributed by atoms with Gasteiger partial charge in [-0.15, -0.1) is 13.2 Å². The Hall–Kier alpha value is -1.67. The quantitative estimate of drug-likeness (QED) is 0.753. The van der Waals surface area contributed by atoms with E-state index in [0.717, 1.165) is 25.0 Å². The van der Waals surface area contributed by atoms with Gasteiger partial charge in [0.05, 0.1) is 5.92 Å². The van der Waals surface area contributed by atoms with Crippen molar-refractivity contribution >= 4 is 5.78 Å². The zero-order chi connectivity index (χ0) is 19.7. The number of carbonyl (C=O) groups is 1. The van der Waals surface area contributed by atoms with Gasteiger partial charge in [-0.05, 0) is 37.5 Å². The molecule has 1 aliphatic heterocycles. The third kappa shape index (κ3) is 7.29. The zero-order valence-corrected chi connectivity index (χ0v) is 15.2.